The summed E-state index contributed by atoms with van der Waals surface area (Å²) in [6, 6.07) is 13.5. The van der Waals surface area contributed by atoms with Gasteiger partial charge in [0.25, 0.3) is 5.91 Å². The second-order valence-electron chi connectivity index (χ2n) is 6.35. The number of methoxy groups -OCH3 is 1. The fraction of sp³-hybridized carbons (Fsp3) is 0.381. The van der Waals surface area contributed by atoms with Crippen molar-refractivity contribution in [1.82, 2.24) is 4.90 Å². The molecule has 138 valence electrons. The first-order valence-corrected chi connectivity index (χ1v) is 9.16. The van der Waals surface area contributed by atoms with Crippen molar-refractivity contribution in [3.8, 4) is 11.5 Å². The van der Waals surface area contributed by atoms with E-state index in [-0.39, 0.29) is 12.1 Å². The van der Waals surface area contributed by atoms with Gasteiger partial charge in [-0.15, -0.1) is 0 Å². The van der Waals surface area contributed by atoms with E-state index in [1.165, 1.54) is 0 Å². The largest absolute Gasteiger partial charge is 0.493 e. The summed E-state index contributed by atoms with van der Waals surface area (Å²) in [5.41, 5.74) is 2.55. The second kappa shape index (κ2) is 8.13. The third-order valence-electron chi connectivity index (χ3n) is 4.45. The number of para-hydroxylation sites is 1. The third-order valence-corrected chi connectivity index (χ3v) is 4.45. The van der Waals surface area contributed by atoms with Crippen molar-refractivity contribution >= 4 is 11.6 Å². The van der Waals surface area contributed by atoms with Gasteiger partial charge in [-0.25, -0.2) is 0 Å². The van der Waals surface area contributed by atoms with Crippen molar-refractivity contribution in [2.45, 2.75) is 32.9 Å². The first-order chi connectivity index (χ1) is 12.7. The Morgan fingerprint density at radius 2 is 1.88 bits per heavy atom. The lowest BCUT2D eigenvalue weighted by Crippen LogP contribution is -2.43. The second-order valence-corrected chi connectivity index (χ2v) is 6.35. The van der Waals surface area contributed by atoms with Crippen molar-refractivity contribution in [2.24, 2.45) is 0 Å². The van der Waals surface area contributed by atoms with Crippen LogP contribution in [0.15, 0.2) is 42.5 Å². The number of carbonyl (C=O) groups excluding carboxylic acids is 1. The molecule has 0 fully saturated rings. The summed E-state index contributed by atoms with van der Waals surface area (Å²) < 4.78 is 11.3. The van der Waals surface area contributed by atoms with Gasteiger partial charge in [0, 0.05) is 12.2 Å². The molecule has 26 heavy (non-hydrogen) atoms. The number of carbonyl (C=O) groups is 1. The molecule has 2 aromatic rings. The zero-order chi connectivity index (χ0) is 18.5. The quantitative estimate of drug-likeness (QED) is 0.797. The molecule has 0 aliphatic carbocycles. The topological polar surface area (TPSA) is 50.8 Å². The zero-order valence-corrected chi connectivity index (χ0v) is 15.6. The number of hydrogen-bond donors (Lipinski definition) is 1. The molecule has 1 aliphatic rings. The number of rotatable bonds is 7. The zero-order valence-electron chi connectivity index (χ0n) is 15.6. The van der Waals surface area contributed by atoms with Crippen LogP contribution in [0.5, 0.6) is 11.5 Å². The van der Waals surface area contributed by atoms with Gasteiger partial charge in [0.05, 0.1) is 19.3 Å². The number of hydrogen-bond acceptors (Lipinski definition) is 4. The molecule has 0 saturated heterocycles. The molecule has 3 rings (SSSR count). The van der Waals surface area contributed by atoms with E-state index < -0.39 is 0 Å². The van der Waals surface area contributed by atoms with Crippen LogP contribution in [0.2, 0.25) is 0 Å². The Labute approximate surface area is 154 Å². The van der Waals surface area contributed by atoms with E-state index in [2.05, 4.69) is 19.2 Å². The molecule has 5 nitrogen and oxygen atoms in total. The Kier molecular flexibility index (Phi) is 5.66. The van der Waals surface area contributed by atoms with Crippen LogP contribution in [0, 0.1) is 0 Å². The van der Waals surface area contributed by atoms with Crippen LogP contribution in [-0.4, -0.2) is 31.1 Å². The molecule has 1 N–H and O–H groups in total. The molecular weight excluding hydrogens is 328 g/mol. The summed E-state index contributed by atoms with van der Waals surface area (Å²) in [6.07, 6.45) is 1.59. The number of fused-ring (bicyclic) bond motifs is 1. The Morgan fingerprint density at radius 1 is 1.08 bits per heavy atom. The monoisotopic (exact) mass is 354 g/mol. The molecule has 1 atom stereocenters. The summed E-state index contributed by atoms with van der Waals surface area (Å²) in [5.74, 6) is 1.46. The van der Waals surface area contributed by atoms with Gasteiger partial charge in [0.1, 0.15) is 6.17 Å². The molecule has 0 radical (unpaired) electrons. The minimum absolute atomic E-state index is 0.0523. The lowest BCUT2D eigenvalue weighted by Gasteiger charge is -2.38. The summed E-state index contributed by atoms with van der Waals surface area (Å²) in [5, 5.41) is 3.50. The predicted octanol–water partition coefficient (Wildman–Crippen LogP) is 4.46. The predicted molar refractivity (Wildman–Crippen MR) is 103 cm³/mol. The number of anilines is 1. The number of benzene rings is 2. The average Bonchev–Trinajstić information content (AvgIpc) is 2.68. The number of nitrogens with one attached hydrogen (secondary N) is 1. The highest BCUT2D eigenvalue weighted by atomic mass is 16.5. The van der Waals surface area contributed by atoms with Crippen LogP contribution in [0.3, 0.4) is 0 Å². The van der Waals surface area contributed by atoms with Crippen LogP contribution in [0.25, 0.3) is 0 Å². The summed E-state index contributed by atoms with van der Waals surface area (Å²) in [6.45, 7) is 5.47. The summed E-state index contributed by atoms with van der Waals surface area (Å²) in [4.78, 5) is 14.9. The van der Waals surface area contributed by atoms with Crippen molar-refractivity contribution in [3.63, 3.8) is 0 Å². The van der Waals surface area contributed by atoms with Crippen LogP contribution in [0.1, 0.15) is 48.8 Å². The Morgan fingerprint density at radius 3 is 2.62 bits per heavy atom. The van der Waals surface area contributed by atoms with E-state index in [9.17, 15) is 4.79 Å². The van der Waals surface area contributed by atoms with Crippen LogP contribution in [-0.2, 0) is 0 Å². The van der Waals surface area contributed by atoms with Crippen molar-refractivity contribution in [2.75, 3.05) is 25.6 Å². The summed E-state index contributed by atoms with van der Waals surface area (Å²) in [7, 11) is 1.64. The van der Waals surface area contributed by atoms with Gasteiger partial charge in [-0.2, -0.15) is 0 Å². The van der Waals surface area contributed by atoms with Crippen molar-refractivity contribution in [3.05, 3.63) is 53.6 Å². The highest BCUT2D eigenvalue weighted by molar-refractivity contribution is 6.01. The van der Waals surface area contributed by atoms with Gasteiger partial charge in [-0.05, 0) is 42.7 Å². The fourth-order valence-electron chi connectivity index (χ4n) is 3.21. The van der Waals surface area contributed by atoms with Crippen molar-refractivity contribution in [1.29, 1.82) is 0 Å². The molecule has 1 aliphatic heterocycles. The molecule has 1 amide bonds. The summed E-state index contributed by atoms with van der Waals surface area (Å²) >= 11 is 0. The molecule has 5 heteroatoms. The number of ether oxygens (including phenoxy) is 2. The first-order valence-electron chi connectivity index (χ1n) is 9.16. The van der Waals surface area contributed by atoms with E-state index in [4.69, 9.17) is 9.47 Å². The third kappa shape index (κ3) is 3.47. The molecule has 0 aromatic heterocycles. The van der Waals surface area contributed by atoms with Gasteiger partial charge in [-0.3, -0.25) is 4.79 Å². The van der Waals surface area contributed by atoms with Gasteiger partial charge < -0.3 is 19.7 Å². The SMILES string of the molecule is CCCOc1ccc(C2Nc3ccccc3C(=O)N2CCC)cc1OC. The van der Waals surface area contributed by atoms with Gasteiger partial charge in [0.2, 0.25) is 0 Å². The first kappa shape index (κ1) is 18.1. The number of amides is 1. The lowest BCUT2D eigenvalue weighted by molar-refractivity contribution is 0.0683. The van der Waals surface area contributed by atoms with E-state index >= 15 is 0 Å². The Balaban J connectivity index is 1.97. The van der Waals surface area contributed by atoms with Crippen LogP contribution >= 0.6 is 0 Å². The minimum Gasteiger partial charge on any atom is -0.493 e. The standard InChI is InChI=1S/C21H26N2O3/c1-4-12-23-20(22-17-9-7-6-8-16(17)21(23)24)15-10-11-18(26-13-5-2)19(14-15)25-3/h6-11,14,20,22H,4-5,12-13H2,1-3H3. The lowest BCUT2D eigenvalue weighted by atomic mass is 10.0. The molecule has 2 aromatic carbocycles. The smallest absolute Gasteiger partial charge is 0.257 e. The van der Waals surface area contributed by atoms with Gasteiger partial charge in [0.15, 0.2) is 11.5 Å². The molecule has 1 unspecified atom stereocenters. The molecule has 1 heterocycles. The maximum absolute atomic E-state index is 13.0. The maximum atomic E-state index is 13.0. The average molecular weight is 354 g/mol. The van der Waals surface area contributed by atoms with E-state index in [0.29, 0.717) is 24.5 Å². The molecule has 0 saturated carbocycles. The Hall–Kier alpha value is -2.69. The molecular formula is C21H26N2O3. The highest BCUT2D eigenvalue weighted by Gasteiger charge is 2.32. The van der Waals surface area contributed by atoms with E-state index in [0.717, 1.165) is 29.8 Å². The van der Waals surface area contributed by atoms with Crippen molar-refractivity contribution < 1.29 is 14.3 Å². The van der Waals surface area contributed by atoms with E-state index in [1.54, 1.807) is 7.11 Å². The van der Waals surface area contributed by atoms with Gasteiger partial charge in [-0.1, -0.05) is 32.0 Å². The molecule has 0 bridgehead atoms. The number of nitrogens with zero attached hydrogens (tertiary/aromatic N) is 1. The Bertz CT molecular complexity index is 776. The van der Waals surface area contributed by atoms with E-state index in [1.807, 2.05) is 47.4 Å². The molecule has 0 spiro atoms. The normalized spacial score (nSPS) is 16.0. The van der Waals surface area contributed by atoms with Crippen LogP contribution in [0.4, 0.5) is 5.69 Å². The maximum Gasteiger partial charge on any atom is 0.257 e. The van der Waals surface area contributed by atoms with Gasteiger partial charge >= 0.3 is 0 Å². The minimum atomic E-state index is -0.230. The fourth-order valence-corrected chi connectivity index (χ4v) is 3.21. The van der Waals surface area contributed by atoms with Crippen LogP contribution < -0.4 is 14.8 Å². The highest BCUT2D eigenvalue weighted by Crippen LogP contribution is 2.36.